The molecule has 0 bridgehead atoms. The van der Waals surface area contributed by atoms with E-state index in [2.05, 4.69) is 58.9 Å². The molecular weight excluding hydrogens is 505 g/mol. The number of likely N-dealkylation sites (tertiary alicyclic amines) is 1. The number of ether oxygens (including phenoxy) is 2. The van der Waals surface area contributed by atoms with Gasteiger partial charge in [0, 0.05) is 78.5 Å². The van der Waals surface area contributed by atoms with E-state index in [4.69, 9.17) is 14.5 Å². The van der Waals surface area contributed by atoms with E-state index in [0.29, 0.717) is 48.3 Å². The molecule has 2 fully saturated rings. The van der Waals surface area contributed by atoms with Gasteiger partial charge in [-0.25, -0.2) is 9.37 Å². The summed E-state index contributed by atoms with van der Waals surface area (Å²) in [6.07, 6.45) is 10.2. The maximum absolute atomic E-state index is 13.6. The molecule has 0 N–H and O–H groups in total. The molecule has 2 saturated heterocycles. The van der Waals surface area contributed by atoms with Crippen LogP contribution < -0.4 is 4.74 Å². The maximum atomic E-state index is 13.6. The number of halogens is 1. The summed E-state index contributed by atoms with van der Waals surface area (Å²) in [4.78, 5) is 16.8. The Kier molecular flexibility index (Phi) is 7.89. The van der Waals surface area contributed by atoms with Crippen molar-refractivity contribution in [3.8, 4) is 5.88 Å². The molecule has 0 aliphatic carbocycles. The van der Waals surface area contributed by atoms with Crippen molar-refractivity contribution >= 4 is 10.9 Å². The van der Waals surface area contributed by atoms with Crippen LogP contribution in [0.15, 0.2) is 61.1 Å². The Morgan fingerprint density at radius 3 is 2.62 bits per heavy atom. The first-order valence-corrected chi connectivity index (χ1v) is 14.7. The second-order valence-corrected chi connectivity index (χ2v) is 11.6. The molecule has 0 spiro atoms. The Morgan fingerprint density at radius 2 is 1.88 bits per heavy atom. The Balaban J connectivity index is 1.07. The molecule has 3 aromatic rings. The first-order valence-electron chi connectivity index (χ1n) is 14.7. The Morgan fingerprint density at radius 1 is 1.05 bits per heavy atom. The number of nitrogens with zero attached hydrogens (tertiary/aromatic N) is 5. The van der Waals surface area contributed by atoms with Crippen LogP contribution in [0, 0.1) is 5.82 Å². The fraction of sp³-hybridized carbons (Fsp3) is 0.500. The van der Waals surface area contributed by atoms with E-state index in [9.17, 15) is 4.39 Å². The predicted molar refractivity (Wildman–Crippen MR) is 154 cm³/mol. The highest BCUT2D eigenvalue weighted by molar-refractivity contribution is 5.81. The van der Waals surface area contributed by atoms with Gasteiger partial charge in [-0.05, 0) is 77.4 Å². The van der Waals surface area contributed by atoms with Crippen molar-refractivity contribution in [2.45, 2.75) is 76.9 Å². The van der Waals surface area contributed by atoms with Crippen LogP contribution in [0.4, 0.5) is 4.39 Å². The van der Waals surface area contributed by atoms with E-state index in [1.54, 1.807) is 12.3 Å². The average molecular weight is 546 g/mol. The first kappa shape index (κ1) is 27.0. The average Bonchev–Trinajstić information content (AvgIpc) is 3.37. The summed E-state index contributed by atoms with van der Waals surface area (Å²) in [6, 6.07) is 13.5. The summed E-state index contributed by atoms with van der Waals surface area (Å²) in [5.41, 5.74) is 2.70. The first-order chi connectivity index (χ1) is 19.5. The largest absolute Gasteiger partial charge is 0.473 e. The van der Waals surface area contributed by atoms with Crippen LogP contribution >= 0.6 is 0 Å². The molecule has 1 aromatic carbocycles. The van der Waals surface area contributed by atoms with Crippen molar-refractivity contribution in [2.75, 3.05) is 26.2 Å². The van der Waals surface area contributed by atoms with Gasteiger partial charge in [0.15, 0.2) is 0 Å². The topological polar surface area (TPSA) is 54.0 Å². The third-order valence-electron chi connectivity index (χ3n) is 8.75. The smallest absolute Gasteiger partial charge is 0.213 e. The van der Waals surface area contributed by atoms with Gasteiger partial charge in [0.05, 0.1) is 11.6 Å². The summed E-state index contributed by atoms with van der Waals surface area (Å²) < 4.78 is 25.5. The van der Waals surface area contributed by atoms with E-state index in [0.717, 1.165) is 62.1 Å². The molecule has 7 nitrogen and oxygen atoms in total. The van der Waals surface area contributed by atoms with Gasteiger partial charge in [-0.15, -0.1) is 0 Å². The van der Waals surface area contributed by atoms with Crippen molar-refractivity contribution < 1.29 is 13.9 Å². The summed E-state index contributed by atoms with van der Waals surface area (Å²) in [5.74, 6) is 0.753. The monoisotopic (exact) mass is 545 g/mol. The Hall–Kier alpha value is -3.23. The molecule has 6 rings (SSSR count). The summed E-state index contributed by atoms with van der Waals surface area (Å²) in [7, 11) is 0. The zero-order valence-corrected chi connectivity index (χ0v) is 23.7. The Labute approximate surface area is 236 Å². The second kappa shape index (κ2) is 11.7. The van der Waals surface area contributed by atoms with E-state index in [-0.39, 0.29) is 5.82 Å². The Bertz CT molecular complexity index is 1340. The number of hydrogen-bond donors (Lipinski definition) is 0. The van der Waals surface area contributed by atoms with Gasteiger partial charge in [-0.2, -0.15) is 0 Å². The SMILES string of the molecule is CC(C)N1C=CN(C[C@@H]2CCO2)C1[C@H](C)N1CCC(c2cccc(OCc3ccnc4cc(F)ccc34)n2)CC1. The number of fused-ring (bicyclic) bond motifs is 1. The second-order valence-electron chi connectivity index (χ2n) is 11.6. The minimum absolute atomic E-state index is 0.286. The molecule has 8 heteroatoms. The highest BCUT2D eigenvalue weighted by Crippen LogP contribution is 2.32. The van der Waals surface area contributed by atoms with Crippen LogP contribution in [0.3, 0.4) is 0 Å². The van der Waals surface area contributed by atoms with Crippen LogP contribution in [0.1, 0.15) is 57.2 Å². The molecule has 3 atom stereocenters. The van der Waals surface area contributed by atoms with Crippen LogP contribution in [-0.2, 0) is 11.3 Å². The van der Waals surface area contributed by atoms with E-state index >= 15 is 0 Å². The molecule has 0 amide bonds. The molecule has 5 heterocycles. The van der Waals surface area contributed by atoms with Crippen LogP contribution in [-0.4, -0.2) is 75.3 Å². The van der Waals surface area contributed by atoms with Gasteiger partial charge in [0.25, 0.3) is 0 Å². The molecule has 3 aliphatic rings. The lowest BCUT2D eigenvalue weighted by atomic mass is 9.92. The number of rotatable bonds is 9. The number of pyridine rings is 2. The predicted octanol–water partition coefficient (Wildman–Crippen LogP) is 5.53. The van der Waals surface area contributed by atoms with Gasteiger partial charge in [-0.1, -0.05) is 6.07 Å². The van der Waals surface area contributed by atoms with E-state index < -0.39 is 0 Å². The molecule has 0 radical (unpaired) electrons. The summed E-state index contributed by atoms with van der Waals surface area (Å²) in [5, 5.41) is 0.897. The minimum Gasteiger partial charge on any atom is -0.473 e. The highest BCUT2D eigenvalue weighted by atomic mass is 19.1. The lowest BCUT2D eigenvalue weighted by Crippen LogP contribution is -2.57. The molecule has 2 aromatic heterocycles. The van der Waals surface area contributed by atoms with Gasteiger partial charge in [-0.3, -0.25) is 9.88 Å². The minimum atomic E-state index is -0.286. The third kappa shape index (κ3) is 5.65. The number of piperidine rings is 1. The van der Waals surface area contributed by atoms with Crippen molar-refractivity contribution in [3.63, 3.8) is 0 Å². The van der Waals surface area contributed by atoms with Crippen LogP contribution in [0.25, 0.3) is 10.9 Å². The van der Waals surface area contributed by atoms with E-state index in [1.807, 2.05) is 18.2 Å². The van der Waals surface area contributed by atoms with Gasteiger partial charge in [0.1, 0.15) is 18.6 Å². The van der Waals surface area contributed by atoms with Gasteiger partial charge >= 0.3 is 0 Å². The third-order valence-corrected chi connectivity index (χ3v) is 8.75. The zero-order chi connectivity index (χ0) is 27.6. The lowest BCUT2D eigenvalue weighted by Gasteiger charge is -2.46. The van der Waals surface area contributed by atoms with Crippen molar-refractivity contribution in [2.24, 2.45) is 0 Å². The molecule has 3 aliphatic heterocycles. The fourth-order valence-corrected chi connectivity index (χ4v) is 6.33. The van der Waals surface area contributed by atoms with Crippen LogP contribution in [0.2, 0.25) is 0 Å². The molecular formula is C32H40FN5O2. The van der Waals surface area contributed by atoms with Gasteiger partial charge < -0.3 is 19.3 Å². The number of hydrogen-bond acceptors (Lipinski definition) is 7. The van der Waals surface area contributed by atoms with Crippen molar-refractivity contribution in [1.29, 1.82) is 0 Å². The molecule has 1 unspecified atom stereocenters. The van der Waals surface area contributed by atoms with Gasteiger partial charge in [0.2, 0.25) is 5.88 Å². The molecule has 0 saturated carbocycles. The van der Waals surface area contributed by atoms with Crippen molar-refractivity contribution in [3.05, 3.63) is 78.1 Å². The standard InChI is InChI=1S/C32H40FN5O2/c1-22(2)38-17-16-37(20-27-12-18-39-27)32(38)23(3)36-14-10-24(11-15-36)29-5-4-6-31(35-29)40-21-25-9-13-34-30-19-26(33)7-8-28(25)30/h4-9,13,16-17,19,22-24,27,32H,10-12,14-15,18,20-21H2,1-3H3/t23-,27-,32?/m0/s1. The van der Waals surface area contributed by atoms with Crippen LogP contribution in [0.5, 0.6) is 5.88 Å². The summed E-state index contributed by atoms with van der Waals surface area (Å²) >= 11 is 0. The quantitative estimate of drug-likeness (QED) is 0.351. The lowest BCUT2D eigenvalue weighted by molar-refractivity contribution is -0.0775. The van der Waals surface area contributed by atoms with E-state index in [1.165, 1.54) is 12.1 Å². The number of aromatic nitrogens is 2. The number of benzene rings is 1. The molecule has 40 heavy (non-hydrogen) atoms. The summed E-state index contributed by atoms with van der Waals surface area (Å²) in [6.45, 7) is 11.3. The van der Waals surface area contributed by atoms with Crippen molar-refractivity contribution in [1.82, 2.24) is 24.7 Å². The molecule has 212 valence electrons. The fourth-order valence-electron chi connectivity index (χ4n) is 6.33. The normalized spacial score (nSPS) is 22.7. The maximum Gasteiger partial charge on any atom is 0.213 e. The highest BCUT2D eigenvalue weighted by Gasteiger charge is 2.38. The zero-order valence-electron chi connectivity index (χ0n) is 23.7.